The van der Waals surface area contributed by atoms with Gasteiger partial charge in [0.1, 0.15) is 17.8 Å². The summed E-state index contributed by atoms with van der Waals surface area (Å²) in [4.78, 5) is 25.7. The molecule has 7 aliphatic rings. The molecule has 6 saturated carbocycles. The number of hydrogen-bond donors (Lipinski definition) is 2. The standard InChI is InChI=1S/C23H30F2O9S/c1-2-22(11-4-9-3-10(6-11)7-12(22)5-9)34-20(27)16-14-8-13-15(16)19(26)32-17(13)18(14)33-21(28)23(24,25)35(29,30)31/h9-19,26H,2-8H2,1H3,(H,29,30,31). The number of fused-ring (bicyclic) bond motifs is 1. The number of esters is 2. The molecule has 1 aliphatic heterocycles. The quantitative estimate of drug-likeness (QED) is 0.399. The summed E-state index contributed by atoms with van der Waals surface area (Å²) in [5, 5.41) is 5.37. The van der Waals surface area contributed by atoms with Gasteiger partial charge in [-0.15, -0.1) is 0 Å². The minimum absolute atomic E-state index is 0.269. The Kier molecular flexibility index (Phi) is 5.20. The number of halogens is 2. The molecule has 0 aromatic carbocycles. The van der Waals surface area contributed by atoms with Crippen molar-refractivity contribution < 1.29 is 50.7 Å². The highest BCUT2D eigenvalue weighted by Gasteiger charge is 2.71. The van der Waals surface area contributed by atoms with Gasteiger partial charge < -0.3 is 19.3 Å². The summed E-state index contributed by atoms with van der Waals surface area (Å²) in [6.07, 6.45) is 2.63. The van der Waals surface area contributed by atoms with Crippen molar-refractivity contribution in [2.75, 3.05) is 0 Å². The molecule has 7 fully saturated rings. The van der Waals surface area contributed by atoms with Crippen LogP contribution in [0.1, 0.15) is 51.9 Å². The van der Waals surface area contributed by atoms with E-state index < -0.39 is 75.1 Å². The van der Waals surface area contributed by atoms with Crippen LogP contribution in [0.3, 0.4) is 0 Å². The summed E-state index contributed by atoms with van der Waals surface area (Å²) in [6, 6.07) is 0. The molecule has 0 aromatic heterocycles. The maximum absolute atomic E-state index is 13.9. The molecule has 6 aliphatic carbocycles. The zero-order valence-corrected chi connectivity index (χ0v) is 20.0. The van der Waals surface area contributed by atoms with Crippen LogP contribution in [0.5, 0.6) is 0 Å². The molecule has 7 atom stereocenters. The first-order valence-corrected chi connectivity index (χ1v) is 13.9. The smallest absolute Gasteiger partial charge is 0.458 e. The Bertz CT molecular complexity index is 1020. The highest BCUT2D eigenvalue weighted by Crippen LogP contribution is 2.63. The molecule has 7 unspecified atom stereocenters. The lowest BCUT2D eigenvalue weighted by Crippen LogP contribution is -2.60. The van der Waals surface area contributed by atoms with Gasteiger partial charge in [-0.2, -0.15) is 17.2 Å². The maximum Gasteiger partial charge on any atom is 0.465 e. The van der Waals surface area contributed by atoms with E-state index in [2.05, 4.69) is 0 Å². The van der Waals surface area contributed by atoms with Gasteiger partial charge in [0, 0.05) is 11.8 Å². The Morgan fingerprint density at radius 2 is 1.66 bits per heavy atom. The van der Waals surface area contributed by atoms with E-state index in [1.807, 2.05) is 6.92 Å². The van der Waals surface area contributed by atoms with Crippen molar-refractivity contribution in [2.45, 2.75) is 81.2 Å². The number of hydrogen-bond acceptors (Lipinski definition) is 8. The average molecular weight is 521 g/mol. The van der Waals surface area contributed by atoms with Crippen LogP contribution >= 0.6 is 0 Å². The van der Waals surface area contributed by atoms with Crippen molar-refractivity contribution in [1.29, 1.82) is 0 Å². The molecule has 0 aromatic rings. The minimum Gasteiger partial charge on any atom is -0.458 e. The normalized spacial score (nSPS) is 49.5. The summed E-state index contributed by atoms with van der Waals surface area (Å²) >= 11 is 0. The summed E-state index contributed by atoms with van der Waals surface area (Å²) in [6.45, 7) is 2.02. The van der Waals surface area contributed by atoms with Gasteiger partial charge in [-0.1, -0.05) is 6.92 Å². The zero-order valence-electron chi connectivity index (χ0n) is 19.2. The summed E-state index contributed by atoms with van der Waals surface area (Å²) in [5.74, 6) is -3.81. The Balaban J connectivity index is 1.25. The predicted molar refractivity (Wildman–Crippen MR) is 112 cm³/mol. The predicted octanol–water partition coefficient (Wildman–Crippen LogP) is 2.13. The van der Waals surface area contributed by atoms with E-state index in [9.17, 15) is 31.9 Å². The lowest BCUT2D eigenvalue weighted by atomic mass is 9.49. The van der Waals surface area contributed by atoms with Gasteiger partial charge >= 0.3 is 27.3 Å². The molecule has 1 heterocycles. The van der Waals surface area contributed by atoms with Crippen molar-refractivity contribution in [3.63, 3.8) is 0 Å². The number of alkyl halides is 2. The number of aliphatic hydroxyl groups is 1. The van der Waals surface area contributed by atoms with Crippen LogP contribution in [-0.2, 0) is 33.9 Å². The fourth-order valence-electron chi connectivity index (χ4n) is 9.00. The van der Waals surface area contributed by atoms with Crippen molar-refractivity contribution in [3.8, 4) is 0 Å². The van der Waals surface area contributed by atoms with Gasteiger partial charge in [0.05, 0.1) is 5.92 Å². The first-order valence-electron chi connectivity index (χ1n) is 12.5. The molecule has 0 amide bonds. The van der Waals surface area contributed by atoms with E-state index in [0.717, 1.165) is 25.7 Å². The molecule has 6 bridgehead atoms. The molecular weight excluding hydrogens is 490 g/mol. The lowest BCUT2D eigenvalue weighted by Gasteiger charge is -2.60. The van der Waals surface area contributed by atoms with E-state index >= 15 is 0 Å². The second-order valence-corrected chi connectivity index (χ2v) is 13.0. The molecule has 2 N–H and O–H groups in total. The third-order valence-corrected chi connectivity index (χ3v) is 11.0. The summed E-state index contributed by atoms with van der Waals surface area (Å²) in [7, 11) is -6.04. The third kappa shape index (κ3) is 3.21. The topological polar surface area (TPSA) is 136 Å². The first-order chi connectivity index (χ1) is 16.4. The number of aliphatic hydroxyl groups excluding tert-OH is 1. The second-order valence-electron chi connectivity index (χ2n) is 11.6. The second kappa shape index (κ2) is 7.58. The molecule has 1 saturated heterocycles. The van der Waals surface area contributed by atoms with Gasteiger partial charge in [0.15, 0.2) is 6.29 Å². The van der Waals surface area contributed by atoms with Gasteiger partial charge in [0.25, 0.3) is 0 Å². The van der Waals surface area contributed by atoms with Crippen LogP contribution in [0.15, 0.2) is 0 Å². The highest BCUT2D eigenvalue weighted by molar-refractivity contribution is 7.87. The van der Waals surface area contributed by atoms with Crippen LogP contribution in [0.4, 0.5) is 8.78 Å². The van der Waals surface area contributed by atoms with E-state index in [1.54, 1.807) is 0 Å². The fraction of sp³-hybridized carbons (Fsp3) is 0.913. The minimum atomic E-state index is -6.04. The van der Waals surface area contributed by atoms with Crippen molar-refractivity contribution in [2.24, 2.45) is 47.3 Å². The van der Waals surface area contributed by atoms with Gasteiger partial charge in [0.2, 0.25) is 0 Å². The summed E-state index contributed by atoms with van der Waals surface area (Å²) in [5.41, 5.74) is -0.597. The Labute approximate surface area is 201 Å². The zero-order chi connectivity index (χ0) is 25.1. The van der Waals surface area contributed by atoms with Crippen LogP contribution in [0.2, 0.25) is 0 Å². The monoisotopic (exact) mass is 520 g/mol. The average Bonchev–Trinajstić information content (AvgIpc) is 3.38. The third-order valence-electron chi connectivity index (χ3n) is 10.1. The number of carbonyl (C=O) groups excluding carboxylic acids is 2. The number of carbonyl (C=O) groups is 2. The van der Waals surface area contributed by atoms with Crippen molar-refractivity contribution in [1.82, 2.24) is 0 Å². The van der Waals surface area contributed by atoms with Crippen LogP contribution < -0.4 is 0 Å². The van der Waals surface area contributed by atoms with Crippen LogP contribution in [-0.4, -0.2) is 59.4 Å². The molecule has 0 radical (unpaired) electrons. The Hall–Kier alpha value is -1.37. The lowest BCUT2D eigenvalue weighted by molar-refractivity contribution is -0.219. The Morgan fingerprint density at radius 3 is 2.20 bits per heavy atom. The van der Waals surface area contributed by atoms with E-state index in [1.165, 1.54) is 6.42 Å². The molecular formula is C23H30F2O9S. The van der Waals surface area contributed by atoms with Crippen LogP contribution in [0.25, 0.3) is 0 Å². The highest BCUT2D eigenvalue weighted by atomic mass is 32.2. The molecule has 7 rings (SSSR count). The SMILES string of the molecule is CCC1(OC(=O)C2C3CC4C(OC(O)C42)C3OC(=O)C(F)(F)S(=O)(=O)O)C2CC3CC(C2)CC1C3. The van der Waals surface area contributed by atoms with E-state index in [-0.39, 0.29) is 18.3 Å². The molecule has 9 nitrogen and oxygen atoms in total. The van der Waals surface area contributed by atoms with Gasteiger partial charge in [-0.05, 0) is 74.5 Å². The summed E-state index contributed by atoms with van der Waals surface area (Å²) < 4.78 is 75.1. The van der Waals surface area contributed by atoms with E-state index in [0.29, 0.717) is 18.3 Å². The Morgan fingerprint density at radius 1 is 1.06 bits per heavy atom. The van der Waals surface area contributed by atoms with E-state index in [4.69, 9.17) is 18.8 Å². The first kappa shape index (κ1) is 24.0. The molecule has 12 heteroatoms. The van der Waals surface area contributed by atoms with Crippen molar-refractivity contribution in [3.05, 3.63) is 0 Å². The number of rotatable bonds is 6. The van der Waals surface area contributed by atoms with Gasteiger partial charge in [-0.25, -0.2) is 4.79 Å². The van der Waals surface area contributed by atoms with Crippen molar-refractivity contribution >= 4 is 22.1 Å². The molecule has 0 spiro atoms. The molecule has 196 valence electrons. The molecule has 35 heavy (non-hydrogen) atoms. The largest absolute Gasteiger partial charge is 0.465 e. The maximum atomic E-state index is 13.9. The van der Waals surface area contributed by atoms with Gasteiger partial charge in [-0.3, -0.25) is 9.35 Å². The van der Waals surface area contributed by atoms with Crippen LogP contribution in [0, 0.1) is 47.3 Å². The number of ether oxygens (including phenoxy) is 3. The fourth-order valence-corrected chi connectivity index (χ4v) is 9.26.